The average Bonchev–Trinajstić information content (AvgIpc) is 2.89. The molecule has 7 heteroatoms. The number of hydrogen-bond acceptors (Lipinski definition) is 6. The highest BCUT2D eigenvalue weighted by atomic mass is 16.5. The van der Waals surface area contributed by atoms with Gasteiger partial charge in [0, 0.05) is 0 Å². The third-order valence-electron chi connectivity index (χ3n) is 2.63. The minimum atomic E-state index is -0.517. The third kappa shape index (κ3) is 2.33. The van der Waals surface area contributed by atoms with Gasteiger partial charge in [0.1, 0.15) is 13.2 Å². The Balaban J connectivity index is 2.65. The van der Waals surface area contributed by atoms with Crippen molar-refractivity contribution >= 4 is 5.97 Å². The fourth-order valence-electron chi connectivity index (χ4n) is 1.79. The van der Waals surface area contributed by atoms with E-state index >= 15 is 0 Å². The van der Waals surface area contributed by atoms with Crippen LogP contribution in [0.5, 0.6) is 0 Å². The number of carbonyl (C=O) groups excluding carboxylic acids is 1. The second-order valence-corrected chi connectivity index (χ2v) is 3.69. The predicted octanol–water partition coefficient (Wildman–Crippen LogP) is 0.0385. The molecule has 1 heterocycles. The van der Waals surface area contributed by atoms with Crippen LogP contribution in [0.25, 0.3) is 5.69 Å². The van der Waals surface area contributed by atoms with Crippen molar-refractivity contribution in [2.75, 3.05) is 7.11 Å². The number of esters is 1. The van der Waals surface area contributed by atoms with Crippen LogP contribution in [0.2, 0.25) is 0 Å². The molecular formula is C12H13N3O4. The van der Waals surface area contributed by atoms with E-state index in [1.807, 2.05) is 0 Å². The molecule has 100 valence electrons. The standard InChI is InChI=1S/C12H13N3O4/c1-19-12(18)8-4-2-3-5-9(8)15-10(6-16)13-14-11(15)7-17/h2-5,16-17H,6-7H2,1H3. The molecule has 2 N–H and O–H groups in total. The molecule has 7 nitrogen and oxygen atoms in total. The van der Waals surface area contributed by atoms with E-state index in [1.165, 1.54) is 11.7 Å². The van der Waals surface area contributed by atoms with Crippen LogP contribution in [-0.4, -0.2) is 38.1 Å². The highest BCUT2D eigenvalue weighted by molar-refractivity contribution is 5.93. The lowest BCUT2D eigenvalue weighted by atomic mass is 10.1. The van der Waals surface area contributed by atoms with Crippen molar-refractivity contribution in [3.63, 3.8) is 0 Å². The predicted molar refractivity (Wildman–Crippen MR) is 64.5 cm³/mol. The summed E-state index contributed by atoms with van der Waals surface area (Å²) in [7, 11) is 1.28. The van der Waals surface area contributed by atoms with Crippen molar-refractivity contribution in [2.24, 2.45) is 0 Å². The van der Waals surface area contributed by atoms with Crippen molar-refractivity contribution in [2.45, 2.75) is 13.2 Å². The first-order chi connectivity index (χ1) is 9.22. The molecule has 0 atom stereocenters. The zero-order chi connectivity index (χ0) is 13.8. The number of aliphatic hydroxyl groups is 2. The maximum absolute atomic E-state index is 11.7. The molecule has 0 saturated carbocycles. The summed E-state index contributed by atoms with van der Waals surface area (Å²) >= 11 is 0. The van der Waals surface area contributed by atoms with Gasteiger partial charge in [-0.3, -0.25) is 4.57 Å². The van der Waals surface area contributed by atoms with Crippen LogP contribution < -0.4 is 0 Å². The minimum absolute atomic E-state index is 0.236. The average molecular weight is 263 g/mol. The van der Waals surface area contributed by atoms with Gasteiger partial charge in [0.05, 0.1) is 18.4 Å². The van der Waals surface area contributed by atoms with Gasteiger partial charge in [-0.1, -0.05) is 12.1 Å². The van der Waals surface area contributed by atoms with Crippen LogP contribution in [0.4, 0.5) is 0 Å². The van der Waals surface area contributed by atoms with E-state index < -0.39 is 5.97 Å². The van der Waals surface area contributed by atoms with E-state index in [1.54, 1.807) is 24.3 Å². The molecule has 0 spiro atoms. The summed E-state index contributed by atoms with van der Waals surface area (Å²) in [6.07, 6.45) is 0. The molecule has 0 saturated heterocycles. The fraction of sp³-hybridized carbons (Fsp3) is 0.250. The Bertz CT molecular complexity index is 573. The van der Waals surface area contributed by atoms with Gasteiger partial charge >= 0.3 is 5.97 Å². The third-order valence-corrected chi connectivity index (χ3v) is 2.63. The number of nitrogens with zero attached hydrogens (tertiary/aromatic N) is 3. The second-order valence-electron chi connectivity index (χ2n) is 3.69. The summed E-state index contributed by atoms with van der Waals surface area (Å²) in [5.74, 6) is -0.0436. The number of methoxy groups -OCH3 is 1. The minimum Gasteiger partial charge on any atom is -0.465 e. The molecule has 0 aliphatic rings. The smallest absolute Gasteiger partial charge is 0.339 e. The van der Waals surface area contributed by atoms with Crippen molar-refractivity contribution in [3.8, 4) is 5.69 Å². The second kappa shape index (κ2) is 5.59. The number of hydrogen-bond donors (Lipinski definition) is 2. The van der Waals surface area contributed by atoms with Gasteiger partial charge in [-0.15, -0.1) is 10.2 Å². The number of aromatic nitrogens is 3. The summed E-state index contributed by atoms with van der Waals surface area (Å²) in [6.45, 7) is -0.717. The number of rotatable bonds is 4. The Morgan fingerprint density at radius 3 is 2.32 bits per heavy atom. The monoisotopic (exact) mass is 263 g/mol. The SMILES string of the molecule is COC(=O)c1ccccc1-n1c(CO)nnc1CO. The Labute approximate surface area is 109 Å². The van der Waals surface area contributed by atoms with Crippen LogP contribution in [0.1, 0.15) is 22.0 Å². The van der Waals surface area contributed by atoms with Gasteiger partial charge in [0.25, 0.3) is 0 Å². The van der Waals surface area contributed by atoms with Crippen LogP contribution in [0.15, 0.2) is 24.3 Å². The van der Waals surface area contributed by atoms with Crippen LogP contribution in [0.3, 0.4) is 0 Å². The Hall–Kier alpha value is -2.25. The Morgan fingerprint density at radius 2 is 1.79 bits per heavy atom. The zero-order valence-corrected chi connectivity index (χ0v) is 10.3. The molecule has 0 fully saturated rings. The normalized spacial score (nSPS) is 10.5. The molecular weight excluding hydrogens is 250 g/mol. The molecule has 2 rings (SSSR count). The lowest BCUT2D eigenvalue weighted by molar-refractivity contribution is 0.0600. The summed E-state index contributed by atoms with van der Waals surface area (Å²) in [6, 6.07) is 6.67. The number of carbonyl (C=O) groups is 1. The van der Waals surface area contributed by atoms with E-state index in [0.29, 0.717) is 11.3 Å². The van der Waals surface area contributed by atoms with Gasteiger partial charge in [0.15, 0.2) is 11.6 Å². The van der Waals surface area contributed by atoms with Crippen molar-refractivity contribution < 1.29 is 19.7 Å². The number of benzene rings is 1. The molecule has 2 aromatic rings. The molecule has 19 heavy (non-hydrogen) atoms. The summed E-state index contributed by atoms with van der Waals surface area (Å²) in [5.41, 5.74) is 0.752. The quantitative estimate of drug-likeness (QED) is 0.756. The number of ether oxygens (including phenoxy) is 1. The molecule has 0 amide bonds. The van der Waals surface area contributed by atoms with Crippen molar-refractivity contribution in [1.29, 1.82) is 0 Å². The van der Waals surface area contributed by atoms with Crippen LogP contribution in [0, 0.1) is 0 Å². The highest BCUT2D eigenvalue weighted by Gasteiger charge is 2.18. The number of para-hydroxylation sites is 1. The first-order valence-corrected chi connectivity index (χ1v) is 5.55. The van der Waals surface area contributed by atoms with Gasteiger partial charge in [-0.05, 0) is 12.1 Å². The van der Waals surface area contributed by atoms with Gasteiger partial charge < -0.3 is 14.9 Å². The van der Waals surface area contributed by atoms with Gasteiger partial charge in [-0.2, -0.15) is 0 Å². The largest absolute Gasteiger partial charge is 0.465 e. The Morgan fingerprint density at radius 1 is 1.21 bits per heavy atom. The summed E-state index contributed by atoms with van der Waals surface area (Å²) in [4.78, 5) is 11.7. The molecule has 0 aliphatic heterocycles. The first-order valence-electron chi connectivity index (χ1n) is 5.55. The van der Waals surface area contributed by atoms with E-state index in [-0.39, 0.29) is 24.9 Å². The lowest BCUT2D eigenvalue weighted by Gasteiger charge is -2.12. The van der Waals surface area contributed by atoms with Crippen LogP contribution >= 0.6 is 0 Å². The summed E-state index contributed by atoms with van der Waals surface area (Å²) < 4.78 is 6.14. The fourth-order valence-corrected chi connectivity index (χ4v) is 1.79. The van der Waals surface area contributed by atoms with Crippen molar-refractivity contribution in [1.82, 2.24) is 14.8 Å². The Kier molecular flexibility index (Phi) is 3.88. The van der Waals surface area contributed by atoms with Crippen LogP contribution in [-0.2, 0) is 18.0 Å². The topological polar surface area (TPSA) is 97.5 Å². The van der Waals surface area contributed by atoms with E-state index in [0.717, 1.165) is 0 Å². The van der Waals surface area contributed by atoms with E-state index in [4.69, 9.17) is 4.74 Å². The molecule has 1 aromatic heterocycles. The molecule has 1 aromatic carbocycles. The maximum atomic E-state index is 11.7. The number of aliphatic hydroxyl groups excluding tert-OH is 2. The first kappa shape index (κ1) is 13.2. The van der Waals surface area contributed by atoms with Gasteiger partial charge in [-0.25, -0.2) is 4.79 Å². The van der Waals surface area contributed by atoms with E-state index in [2.05, 4.69) is 10.2 Å². The van der Waals surface area contributed by atoms with E-state index in [9.17, 15) is 15.0 Å². The highest BCUT2D eigenvalue weighted by Crippen LogP contribution is 2.19. The molecule has 0 radical (unpaired) electrons. The zero-order valence-electron chi connectivity index (χ0n) is 10.3. The van der Waals surface area contributed by atoms with Gasteiger partial charge in [0.2, 0.25) is 0 Å². The maximum Gasteiger partial charge on any atom is 0.339 e. The molecule has 0 aliphatic carbocycles. The molecule has 0 unspecified atom stereocenters. The van der Waals surface area contributed by atoms with Crippen molar-refractivity contribution in [3.05, 3.63) is 41.5 Å². The molecule has 0 bridgehead atoms. The summed E-state index contributed by atoms with van der Waals surface area (Å²) in [5, 5.41) is 26.0. The lowest BCUT2D eigenvalue weighted by Crippen LogP contribution is -2.12.